The SMILES string of the molecule is C[Si](C)(C)CCOCn1cc(-c2cccc(C(F)(F)F)c2)cn1. The Balaban J connectivity index is 1.99. The summed E-state index contributed by atoms with van der Waals surface area (Å²) in [6.07, 6.45) is -1.09. The summed E-state index contributed by atoms with van der Waals surface area (Å²) in [6, 6.07) is 6.30. The Bertz CT molecular complexity index is 647. The van der Waals surface area contributed by atoms with Gasteiger partial charge in [-0.25, -0.2) is 4.68 Å². The third kappa shape index (κ3) is 5.51. The molecular weight excluding hydrogens is 321 g/mol. The molecule has 0 saturated heterocycles. The molecule has 0 spiro atoms. The number of benzene rings is 1. The first-order chi connectivity index (χ1) is 10.6. The average Bonchev–Trinajstić information content (AvgIpc) is 2.91. The van der Waals surface area contributed by atoms with Crippen LogP contribution in [-0.2, 0) is 17.6 Å². The van der Waals surface area contributed by atoms with Crippen molar-refractivity contribution in [2.75, 3.05) is 6.61 Å². The molecule has 1 heterocycles. The average molecular weight is 342 g/mol. The zero-order chi connectivity index (χ0) is 17.1. The summed E-state index contributed by atoms with van der Waals surface area (Å²) in [5.41, 5.74) is 0.479. The molecule has 0 N–H and O–H groups in total. The summed E-state index contributed by atoms with van der Waals surface area (Å²) in [6.45, 7) is 7.81. The van der Waals surface area contributed by atoms with Crippen LogP contribution in [0.15, 0.2) is 36.7 Å². The van der Waals surface area contributed by atoms with Crippen LogP contribution < -0.4 is 0 Å². The lowest BCUT2D eigenvalue weighted by molar-refractivity contribution is -0.137. The van der Waals surface area contributed by atoms with E-state index in [9.17, 15) is 13.2 Å². The van der Waals surface area contributed by atoms with Gasteiger partial charge < -0.3 is 4.74 Å². The molecule has 3 nitrogen and oxygen atoms in total. The van der Waals surface area contributed by atoms with Crippen molar-refractivity contribution in [1.29, 1.82) is 0 Å². The topological polar surface area (TPSA) is 27.1 Å². The molecule has 0 unspecified atom stereocenters. The maximum absolute atomic E-state index is 12.8. The first-order valence-corrected chi connectivity index (χ1v) is 11.1. The van der Waals surface area contributed by atoms with E-state index in [1.54, 1.807) is 23.1 Å². The molecular formula is C16H21F3N2OSi. The maximum Gasteiger partial charge on any atom is 0.416 e. The second kappa shape index (κ2) is 6.88. The van der Waals surface area contributed by atoms with Gasteiger partial charge in [0.25, 0.3) is 0 Å². The Labute approximate surface area is 135 Å². The number of halogens is 3. The van der Waals surface area contributed by atoms with Crippen LogP contribution in [0, 0.1) is 0 Å². The third-order valence-electron chi connectivity index (χ3n) is 3.38. The van der Waals surface area contributed by atoms with Gasteiger partial charge in [-0.05, 0) is 23.7 Å². The predicted octanol–water partition coefficient (Wildman–Crippen LogP) is 4.88. The Hall–Kier alpha value is -1.60. The van der Waals surface area contributed by atoms with Crippen molar-refractivity contribution in [3.05, 3.63) is 42.2 Å². The van der Waals surface area contributed by atoms with E-state index in [1.165, 1.54) is 6.07 Å². The Morgan fingerprint density at radius 3 is 2.57 bits per heavy atom. The van der Waals surface area contributed by atoms with Gasteiger partial charge >= 0.3 is 6.18 Å². The number of rotatable bonds is 6. The van der Waals surface area contributed by atoms with Crippen molar-refractivity contribution < 1.29 is 17.9 Å². The summed E-state index contributed by atoms with van der Waals surface area (Å²) >= 11 is 0. The number of nitrogens with zero attached hydrogens (tertiary/aromatic N) is 2. The lowest BCUT2D eigenvalue weighted by Gasteiger charge is -2.15. The Morgan fingerprint density at radius 2 is 1.91 bits per heavy atom. The second-order valence-electron chi connectivity index (χ2n) is 6.70. The fraction of sp³-hybridized carbons (Fsp3) is 0.438. The van der Waals surface area contributed by atoms with Crippen LogP contribution in [0.4, 0.5) is 13.2 Å². The number of hydrogen-bond acceptors (Lipinski definition) is 2. The van der Waals surface area contributed by atoms with Crippen LogP contribution in [0.5, 0.6) is 0 Å². The number of ether oxygens (including phenoxy) is 1. The van der Waals surface area contributed by atoms with Crippen LogP contribution in [0.2, 0.25) is 25.7 Å². The first-order valence-electron chi connectivity index (χ1n) is 7.43. The van der Waals surface area contributed by atoms with Gasteiger partial charge in [-0.1, -0.05) is 31.8 Å². The highest BCUT2D eigenvalue weighted by Gasteiger charge is 2.30. The minimum Gasteiger partial charge on any atom is -0.360 e. The number of alkyl halides is 3. The van der Waals surface area contributed by atoms with E-state index in [2.05, 4.69) is 24.7 Å². The van der Waals surface area contributed by atoms with E-state index in [0.29, 0.717) is 24.5 Å². The molecule has 0 radical (unpaired) electrons. The minimum absolute atomic E-state index is 0.309. The first kappa shape index (κ1) is 17.7. The molecule has 0 amide bonds. The van der Waals surface area contributed by atoms with Crippen molar-refractivity contribution in [3.63, 3.8) is 0 Å². The monoisotopic (exact) mass is 342 g/mol. The zero-order valence-corrected chi connectivity index (χ0v) is 14.5. The largest absolute Gasteiger partial charge is 0.416 e. The lowest BCUT2D eigenvalue weighted by Crippen LogP contribution is -2.22. The minimum atomic E-state index is -4.34. The van der Waals surface area contributed by atoms with Gasteiger partial charge in [0.1, 0.15) is 6.73 Å². The van der Waals surface area contributed by atoms with Gasteiger partial charge in [0.2, 0.25) is 0 Å². The van der Waals surface area contributed by atoms with Crippen molar-refractivity contribution in [2.24, 2.45) is 0 Å². The van der Waals surface area contributed by atoms with Crippen LogP contribution in [0.1, 0.15) is 5.56 Å². The normalized spacial score (nSPS) is 12.6. The van der Waals surface area contributed by atoms with E-state index in [4.69, 9.17) is 4.74 Å². The summed E-state index contributed by atoms with van der Waals surface area (Å²) in [4.78, 5) is 0. The van der Waals surface area contributed by atoms with Gasteiger partial charge in [0.05, 0.1) is 11.8 Å². The van der Waals surface area contributed by atoms with E-state index in [1.807, 2.05) is 0 Å². The molecule has 7 heteroatoms. The van der Waals surface area contributed by atoms with Crippen molar-refractivity contribution in [3.8, 4) is 11.1 Å². The molecule has 0 bridgehead atoms. The van der Waals surface area contributed by atoms with Gasteiger partial charge in [0.15, 0.2) is 0 Å². The Morgan fingerprint density at radius 1 is 1.17 bits per heavy atom. The van der Waals surface area contributed by atoms with Crippen LogP contribution in [-0.4, -0.2) is 24.5 Å². The second-order valence-corrected chi connectivity index (χ2v) is 12.3. The van der Waals surface area contributed by atoms with Gasteiger partial charge in [-0.2, -0.15) is 18.3 Å². The van der Waals surface area contributed by atoms with Gasteiger partial charge in [-0.15, -0.1) is 0 Å². The van der Waals surface area contributed by atoms with Crippen LogP contribution in [0.3, 0.4) is 0 Å². The van der Waals surface area contributed by atoms with Gasteiger partial charge in [0, 0.05) is 26.4 Å². The van der Waals surface area contributed by atoms with E-state index in [0.717, 1.165) is 18.2 Å². The fourth-order valence-electron chi connectivity index (χ4n) is 1.99. The molecule has 2 rings (SSSR count). The molecule has 0 saturated carbocycles. The van der Waals surface area contributed by atoms with Crippen molar-refractivity contribution in [2.45, 2.75) is 38.6 Å². The van der Waals surface area contributed by atoms with Crippen LogP contribution in [0.25, 0.3) is 11.1 Å². The van der Waals surface area contributed by atoms with E-state index < -0.39 is 19.8 Å². The predicted molar refractivity (Wildman–Crippen MR) is 86.8 cm³/mol. The molecule has 1 aromatic heterocycles. The van der Waals surface area contributed by atoms with E-state index >= 15 is 0 Å². The third-order valence-corrected chi connectivity index (χ3v) is 5.08. The zero-order valence-electron chi connectivity index (χ0n) is 13.5. The number of hydrogen-bond donors (Lipinski definition) is 0. The van der Waals surface area contributed by atoms with Gasteiger partial charge in [-0.3, -0.25) is 0 Å². The standard InChI is InChI=1S/C16H21F3N2OSi/c1-23(2,3)8-7-22-12-21-11-14(10-20-21)13-5-4-6-15(9-13)16(17,18)19/h4-6,9-11H,7-8,12H2,1-3H3. The van der Waals surface area contributed by atoms with E-state index in [-0.39, 0.29) is 0 Å². The fourth-order valence-corrected chi connectivity index (χ4v) is 2.75. The number of aromatic nitrogens is 2. The molecule has 0 fully saturated rings. The highest BCUT2D eigenvalue weighted by Crippen LogP contribution is 2.31. The lowest BCUT2D eigenvalue weighted by atomic mass is 10.1. The smallest absolute Gasteiger partial charge is 0.360 e. The molecule has 0 atom stereocenters. The molecule has 0 aliphatic heterocycles. The molecule has 0 aliphatic rings. The summed E-state index contributed by atoms with van der Waals surface area (Å²) < 4.78 is 45.4. The maximum atomic E-state index is 12.8. The molecule has 23 heavy (non-hydrogen) atoms. The molecule has 126 valence electrons. The summed E-state index contributed by atoms with van der Waals surface area (Å²) in [7, 11) is -1.13. The Kier molecular flexibility index (Phi) is 5.31. The van der Waals surface area contributed by atoms with Crippen molar-refractivity contribution in [1.82, 2.24) is 9.78 Å². The molecule has 1 aromatic carbocycles. The highest BCUT2D eigenvalue weighted by molar-refractivity contribution is 6.76. The highest BCUT2D eigenvalue weighted by atomic mass is 28.3. The molecule has 2 aromatic rings. The summed E-state index contributed by atoms with van der Waals surface area (Å²) in [5, 5.41) is 4.14. The summed E-state index contributed by atoms with van der Waals surface area (Å²) in [5.74, 6) is 0. The molecule has 0 aliphatic carbocycles. The quantitative estimate of drug-likeness (QED) is 0.552. The van der Waals surface area contributed by atoms with Crippen LogP contribution >= 0.6 is 0 Å². The van der Waals surface area contributed by atoms with Crippen molar-refractivity contribution >= 4 is 8.07 Å².